The maximum Gasteiger partial charge on any atom is 0.329 e. The molecular formula is C18H26N4O2. The fourth-order valence-corrected chi connectivity index (χ4v) is 3.86. The quantitative estimate of drug-likeness (QED) is 0.621. The second-order valence-corrected chi connectivity index (χ2v) is 6.70. The van der Waals surface area contributed by atoms with Crippen LogP contribution in [-0.4, -0.2) is 52.9 Å². The van der Waals surface area contributed by atoms with E-state index >= 15 is 0 Å². The zero-order valence-electron chi connectivity index (χ0n) is 14.1. The van der Waals surface area contributed by atoms with Crippen LogP contribution in [0.5, 0.6) is 0 Å². The molecule has 0 aromatic heterocycles. The minimum atomic E-state index is -0.485. The van der Waals surface area contributed by atoms with Crippen LogP contribution in [-0.2, 0) is 4.79 Å². The number of amides is 3. The molecule has 24 heavy (non-hydrogen) atoms. The van der Waals surface area contributed by atoms with Crippen LogP contribution in [0.1, 0.15) is 38.5 Å². The molecule has 1 N–H and O–H groups in total. The van der Waals surface area contributed by atoms with Crippen molar-refractivity contribution in [2.75, 3.05) is 13.1 Å². The van der Waals surface area contributed by atoms with Gasteiger partial charge in [0.05, 0.1) is 0 Å². The van der Waals surface area contributed by atoms with Crippen LogP contribution in [0.2, 0.25) is 0 Å². The molecule has 0 bridgehead atoms. The van der Waals surface area contributed by atoms with Crippen molar-refractivity contribution in [2.24, 2.45) is 10.9 Å². The van der Waals surface area contributed by atoms with E-state index in [-0.39, 0.29) is 18.5 Å². The van der Waals surface area contributed by atoms with E-state index in [0.717, 1.165) is 18.7 Å². The lowest BCUT2D eigenvalue weighted by Gasteiger charge is -2.39. The van der Waals surface area contributed by atoms with Gasteiger partial charge in [0.25, 0.3) is 5.91 Å². The SMILES string of the molecule is C=CCN1C(=O)C2NC(C3CCCCCC3)=NC2N(CC=C)C1=O. The predicted octanol–water partition coefficient (Wildman–Crippen LogP) is 2.29. The van der Waals surface area contributed by atoms with E-state index < -0.39 is 12.2 Å². The van der Waals surface area contributed by atoms with E-state index in [0.29, 0.717) is 12.5 Å². The maximum absolute atomic E-state index is 12.7. The number of hydrogen-bond donors (Lipinski definition) is 1. The molecule has 3 rings (SSSR count). The third-order valence-corrected chi connectivity index (χ3v) is 5.08. The Morgan fingerprint density at radius 3 is 2.38 bits per heavy atom. The second-order valence-electron chi connectivity index (χ2n) is 6.70. The van der Waals surface area contributed by atoms with Crippen LogP contribution in [0.3, 0.4) is 0 Å². The lowest BCUT2D eigenvalue weighted by Crippen LogP contribution is -2.65. The Kier molecular flexibility index (Phi) is 5.02. The second kappa shape index (κ2) is 7.20. The van der Waals surface area contributed by atoms with Gasteiger partial charge in [0, 0.05) is 19.0 Å². The smallest absolute Gasteiger partial charge is 0.329 e. The van der Waals surface area contributed by atoms with Crippen molar-refractivity contribution in [3.05, 3.63) is 25.3 Å². The highest BCUT2D eigenvalue weighted by Gasteiger charge is 2.49. The van der Waals surface area contributed by atoms with Gasteiger partial charge in [0.1, 0.15) is 11.9 Å². The average molecular weight is 330 g/mol. The number of fused-ring (bicyclic) bond motifs is 1. The highest BCUT2D eigenvalue weighted by molar-refractivity contribution is 6.04. The fraction of sp³-hybridized carbons (Fsp3) is 0.611. The number of carbonyl (C=O) groups is 2. The fourth-order valence-electron chi connectivity index (χ4n) is 3.86. The number of nitrogens with zero attached hydrogens (tertiary/aromatic N) is 3. The molecule has 2 unspecified atom stereocenters. The molecule has 2 atom stereocenters. The summed E-state index contributed by atoms with van der Waals surface area (Å²) in [7, 11) is 0. The zero-order chi connectivity index (χ0) is 17.1. The van der Waals surface area contributed by atoms with Crippen LogP contribution in [0.25, 0.3) is 0 Å². The van der Waals surface area contributed by atoms with Crippen molar-refractivity contribution < 1.29 is 9.59 Å². The number of urea groups is 1. The van der Waals surface area contributed by atoms with Crippen molar-refractivity contribution in [1.82, 2.24) is 15.1 Å². The van der Waals surface area contributed by atoms with E-state index in [1.54, 1.807) is 17.1 Å². The Balaban J connectivity index is 1.85. The summed E-state index contributed by atoms with van der Waals surface area (Å²) in [5.41, 5.74) is 0. The first-order valence-corrected chi connectivity index (χ1v) is 8.85. The summed E-state index contributed by atoms with van der Waals surface area (Å²) in [5.74, 6) is 1.07. The Bertz CT molecular complexity index is 563. The molecule has 2 heterocycles. The molecule has 0 aromatic rings. The molecule has 1 aliphatic carbocycles. The number of aliphatic imine (C=N–C) groups is 1. The molecule has 0 spiro atoms. The maximum atomic E-state index is 12.7. The topological polar surface area (TPSA) is 65.0 Å². The predicted molar refractivity (Wildman–Crippen MR) is 93.5 cm³/mol. The average Bonchev–Trinajstić information content (AvgIpc) is 2.83. The van der Waals surface area contributed by atoms with Gasteiger partial charge in [-0.3, -0.25) is 14.6 Å². The van der Waals surface area contributed by atoms with E-state index in [2.05, 4.69) is 18.5 Å². The van der Waals surface area contributed by atoms with Crippen molar-refractivity contribution >= 4 is 17.8 Å². The highest BCUT2D eigenvalue weighted by atomic mass is 16.2. The standard InChI is InChI=1S/C18H26N4O2/c1-3-11-21-16-14(17(23)22(12-4-2)18(21)24)19-15(20-16)13-9-7-5-6-8-10-13/h3-4,13-14,16H,1-2,5-12H2,(H,19,20). The van der Waals surface area contributed by atoms with Gasteiger partial charge in [0.2, 0.25) is 0 Å². The lowest BCUT2D eigenvalue weighted by molar-refractivity contribution is -0.134. The Morgan fingerprint density at radius 2 is 1.75 bits per heavy atom. The van der Waals surface area contributed by atoms with Gasteiger partial charge in [0.15, 0.2) is 6.17 Å². The van der Waals surface area contributed by atoms with E-state index in [4.69, 9.17) is 4.99 Å². The summed E-state index contributed by atoms with van der Waals surface area (Å²) in [6, 6.07) is -0.797. The van der Waals surface area contributed by atoms with Gasteiger partial charge >= 0.3 is 6.03 Å². The van der Waals surface area contributed by atoms with Gasteiger partial charge < -0.3 is 5.32 Å². The van der Waals surface area contributed by atoms with Crippen LogP contribution >= 0.6 is 0 Å². The molecule has 130 valence electrons. The first-order valence-electron chi connectivity index (χ1n) is 8.85. The lowest BCUT2D eigenvalue weighted by atomic mass is 9.99. The van der Waals surface area contributed by atoms with Gasteiger partial charge in [-0.25, -0.2) is 9.79 Å². The van der Waals surface area contributed by atoms with E-state index in [9.17, 15) is 9.59 Å². The minimum Gasteiger partial charge on any atom is -0.359 e. The van der Waals surface area contributed by atoms with E-state index in [1.807, 2.05) is 0 Å². The third kappa shape index (κ3) is 2.97. The first-order chi connectivity index (χ1) is 11.7. The Morgan fingerprint density at radius 1 is 1.08 bits per heavy atom. The zero-order valence-corrected chi connectivity index (χ0v) is 14.1. The molecule has 0 radical (unpaired) electrons. The number of nitrogens with one attached hydrogen (secondary N) is 1. The molecule has 6 nitrogen and oxygen atoms in total. The minimum absolute atomic E-state index is 0.211. The van der Waals surface area contributed by atoms with Crippen LogP contribution < -0.4 is 5.32 Å². The summed E-state index contributed by atoms with van der Waals surface area (Å²) in [6.07, 6.45) is 9.94. The van der Waals surface area contributed by atoms with Crippen LogP contribution in [0.4, 0.5) is 4.79 Å². The summed E-state index contributed by atoms with van der Waals surface area (Å²) in [6.45, 7) is 7.97. The third-order valence-electron chi connectivity index (χ3n) is 5.08. The molecule has 1 saturated heterocycles. The number of amidine groups is 1. The van der Waals surface area contributed by atoms with Crippen LogP contribution in [0, 0.1) is 5.92 Å². The number of rotatable bonds is 5. The molecule has 2 fully saturated rings. The van der Waals surface area contributed by atoms with Crippen molar-refractivity contribution in [3.63, 3.8) is 0 Å². The van der Waals surface area contributed by atoms with Crippen molar-refractivity contribution in [3.8, 4) is 0 Å². The van der Waals surface area contributed by atoms with Gasteiger partial charge in [-0.15, -0.1) is 13.2 Å². The van der Waals surface area contributed by atoms with Crippen LogP contribution in [0.15, 0.2) is 30.3 Å². The summed E-state index contributed by atoms with van der Waals surface area (Å²) >= 11 is 0. The number of carbonyl (C=O) groups excluding carboxylic acids is 2. The Labute approximate surface area is 143 Å². The monoisotopic (exact) mass is 330 g/mol. The van der Waals surface area contributed by atoms with Gasteiger partial charge in [-0.05, 0) is 12.8 Å². The van der Waals surface area contributed by atoms with Gasteiger partial charge in [-0.1, -0.05) is 37.8 Å². The number of hydrogen-bond acceptors (Lipinski definition) is 4. The van der Waals surface area contributed by atoms with Crippen molar-refractivity contribution in [2.45, 2.75) is 50.7 Å². The summed E-state index contributed by atoms with van der Waals surface area (Å²) in [5, 5.41) is 3.33. The molecule has 0 aromatic carbocycles. The highest BCUT2D eigenvalue weighted by Crippen LogP contribution is 2.29. The molecule has 3 amide bonds. The summed E-state index contributed by atoms with van der Waals surface area (Å²) < 4.78 is 0. The number of imide groups is 1. The normalized spacial score (nSPS) is 28.1. The molecule has 3 aliphatic rings. The van der Waals surface area contributed by atoms with Crippen molar-refractivity contribution in [1.29, 1.82) is 0 Å². The van der Waals surface area contributed by atoms with Gasteiger partial charge in [-0.2, -0.15) is 0 Å². The molecular weight excluding hydrogens is 304 g/mol. The molecule has 2 aliphatic heterocycles. The first kappa shape index (κ1) is 16.7. The molecule has 6 heteroatoms. The molecule has 1 saturated carbocycles. The van der Waals surface area contributed by atoms with E-state index in [1.165, 1.54) is 30.6 Å². The Hall–Kier alpha value is -2.11. The summed E-state index contributed by atoms with van der Waals surface area (Å²) in [4.78, 5) is 33.0. The largest absolute Gasteiger partial charge is 0.359 e.